The van der Waals surface area contributed by atoms with Crippen molar-refractivity contribution in [1.82, 2.24) is 4.57 Å². The summed E-state index contributed by atoms with van der Waals surface area (Å²) >= 11 is 3.24. The third kappa shape index (κ3) is 2.16. The van der Waals surface area contributed by atoms with Crippen LogP contribution in [0.15, 0.2) is 24.3 Å². The van der Waals surface area contributed by atoms with Gasteiger partial charge in [-0.3, -0.25) is 9.36 Å². The normalized spacial score (nSPS) is 12.1. The summed E-state index contributed by atoms with van der Waals surface area (Å²) in [6, 6.07) is 5.86. The first-order valence-corrected chi connectivity index (χ1v) is 6.25. The van der Waals surface area contributed by atoms with Crippen LogP contribution in [0.5, 0.6) is 0 Å². The van der Waals surface area contributed by atoms with Crippen LogP contribution in [0, 0.1) is 0 Å². The smallest absolute Gasteiger partial charge is 0.276 e. The van der Waals surface area contributed by atoms with Crippen molar-refractivity contribution in [2.24, 2.45) is 0 Å². The summed E-state index contributed by atoms with van der Waals surface area (Å²) in [6.45, 7) is 1.12. The van der Waals surface area contributed by atoms with Crippen molar-refractivity contribution < 1.29 is 18.0 Å². The minimum Gasteiger partial charge on any atom is -0.276 e. The van der Waals surface area contributed by atoms with Gasteiger partial charge in [0.05, 0.1) is 5.52 Å². The van der Waals surface area contributed by atoms with Crippen molar-refractivity contribution in [2.75, 3.05) is 0 Å². The highest BCUT2D eigenvalue weighted by atomic mass is 79.9. The number of carbonyl (C=O) groups excluding carboxylic acids is 1. The summed E-state index contributed by atoms with van der Waals surface area (Å²) in [6.07, 6.45) is -4.54. The summed E-state index contributed by atoms with van der Waals surface area (Å²) in [5.74, 6) is -0.649. The number of fused-ring (bicyclic) bond motifs is 1. The predicted molar refractivity (Wildman–Crippen MR) is 65.9 cm³/mol. The van der Waals surface area contributed by atoms with Crippen LogP contribution in [0.1, 0.15) is 23.0 Å². The molecule has 0 saturated heterocycles. The van der Waals surface area contributed by atoms with E-state index in [9.17, 15) is 18.0 Å². The molecule has 0 aliphatic rings. The highest BCUT2D eigenvalue weighted by Gasteiger charge is 2.36. The molecule has 1 heterocycles. The number of alkyl halides is 4. The van der Waals surface area contributed by atoms with Gasteiger partial charge in [0.15, 0.2) is 0 Å². The van der Waals surface area contributed by atoms with Gasteiger partial charge in [-0.2, -0.15) is 13.2 Å². The van der Waals surface area contributed by atoms with Crippen LogP contribution >= 0.6 is 15.9 Å². The first-order chi connectivity index (χ1) is 8.34. The van der Waals surface area contributed by atoms with Crippen LogP contribution in [-0.2, 0) is 11.5 Å². The number of carbonyl (C=O) groups is 1. The van der Waals surface area contributed by atoms with Gasteiger partial charge in [-0.25, -0.2) is 0 Å². The van der Waals surface area contributed by atoms with Crippen LogP contribution in [-0.4, -0.2) is 10.5 Å². The van der Waals surface area contributed by atoms with E-state index in [-0.39, 0.29) is 5.52 Å². The van der Waals surface area contributed by atoms with E-state index in [1.165, 1.54) is 6.07 Å². The first kappa shape index (κ1) is 13.1. The topological polar surface area (TPSA) is 22.0 Å². The van der Waals surface area contributed by atoms with Crippen molar-refractivity contribution in [3.05, 3.63) is 35.5 Å². The van der Waals surface area contributed by atoms with E-state index >= 15 is 0 Å². The number of halogens is 4. The minimum atomic E-state index is -4.54. The molecule has 1 aromatic carbocycles. The molecule has 0 unspecified atom stereocenters. The maximum absolute atomic E-state index is 12.8. The SMILES string of the molecule is CC(=O)n1c(C(F)(F)F)cc2cc(CBr)ccc21. The Balaban J connectivity index is 2.79. The summed E-state index contributed by atoms with van der Waals surface area (Å²) < 4.78 is 39.2. The van der Waals surface area contributed by atoms with E-state index in [4.69, 9.17) is 0 Å². The maximum atomic E-state index is 12.8. The molecule has 1 aromatic heterocycles. The van der Waals surface area contributed by atoms with Gasteiger partial charge < -0.3 is 0 Å². The highest BCUT2D eigenvalue weighted by molar-refractivity contribution is 9.08. The lowest BCUT2D eigenvalue weighted by atomic mass is 10.2. The van der Waals surface area contributed by atoms with Gasteiger partial charge in [0, 0.05) is 17.6 Å². The fourth-order valence-corrected chi connectivity index (χ4v) is 2.24. The Labute approximate surface area is 110 Å². The largest absolute Gasteiger partial charge is 0.431 e. The molecular formula is C12H9BrF3NO. The van der Waals surface area contributed by atoms with Gasteiger partial charge in [0.2, 0.25) is 5.91 Å². The zero-order chi connectivity index (χ0) is 13.5. The Bertz CT molecular complexity index is 616. The van der Waals surface area contributed by atoms with Crippen molar-refractivity contribution in [3.8, 4) is 0 Å². The molecule has 2 aromatic rings. The summed E-state index contributed by atoms with van der Waals surface area (Å²) in [4.78, 5) is 11.4. The first-order valence-electron chi connectivity index (χ1n) is 5.13. The van der Waals surface area contributed by atoms with Crippen LogP contribution in [0.4, 0.5) is 13.2 Å². The standard InChI is InChI=1S/C12H9BrF3NO/c1-7(18)17-10-3-2-8(6-13)4-9(10)5-11(17)12(14,15)16/h2-5H,6H2,1H3. The third-order valence-electron chi connectivity index (χ3n) is 2.63. The Morgan fingerprint density at radius 1 is 1.33 bits per heavy atom. The molecule has 0 aliphatic heterocycles. The Hall–Kier alpha value is -1.30. The maximum Gasteiger partial charge on any atom is 0.431 e. The van der Waals surface area contributed by atoms with Gasteiger partial charge in [0.1, 0.15) is 5.69 Å². The van der Waals surface area contributed by atoms with Gasteiger partial charge in [-0.15, -0.1) is 0 Å². The fourth-order valence-electron chi connectivity index (χ4n) is 1.90. The second-order valence-electron chi connectivity index (χ2n) is 3.91. The molecule has 2 rings (SSSR count). The fraction of sp³-hybridized carbons (Fsp3) is 0.250. The molecule has 0 saturated carbocycles. The van der Waals surface area contributed by atoms with Crippen molar-refractivity contribution in [3.63, 3.8) is 0 Å². The lowest BCUT2D eigenvalue weighted by Gasteiger charge is -2.09. The molecule has 6 heteroatoms. The Kier molecular flexibility index (Phi) is 3.23. The lowest BCUT2D eigenvalue weighted by Crippen LogP contribution is -2.17. The second-order valence-corrected chi connectivity index (χ2v) is 4.47. The van der Waals surface area contributed by atoms with Crippen LogP contribution < -0.4 is 0 Å². The molecule has 0 spiro atoms. The number of benzene rings is 1. The van der Waals surface area contributed by atoms with E-state index in [0.29, 0.717) is 15.3 Å². The van der Waals surface area contributed by atoms with Gasteiger partial charge in [0.25, 0.3) is 0 Å². The second kappa shape index (κ2) is 4.42. The summed E-state index contributed by atoms with van der Waals surface area (Å²) in [5, 5.41) is 0.963. The van der Waals surface area contributed by atoms with Crippen molar-refractivity contribution in [1.29, 1.82) is 0 Å². The predicted octanol–water partition coefficient (Wildman–Crippen LogP) is 4.22. The van der Waals surface area contributed by atoms with Gasteiger partial charge in [-0.05, 0) is 23.8 Å². The number of rotatable bonds is 1. The van der Waals surface area contributed by atoms with Crippen molar-refractivity contribution in [2.45, 2.75) is 18.4 Å². The van der Waals surface area contributed by atoms with E-state index < -0.39 is 17.8 Å². The molecule has 0 fully saturated rings. The molecule has 0 amide bonds. The molecule has 96 valence electrons. The number of nitrogens with zero attached hydrogens (tertiary/aromatic N) is 1. The monoisotopic (exact) mass is 319 g/mol. The number of hydrogen-bond donors (Lipinski definition) is 0. The number of aromatic nitrogens is 1. The molecule has 0 aliphatic carbocycles. The molecular weight excluding hydrogens is 311 g/mol. The average molecular weight is 320 g/mol. The minimum absolute atomic E-state index is 0.277. The third-order valence-corrected chi connectivity index (χ3v) is 3.27. The molecule has 0 N–H and O–H groups in total. The Morgan fingerprint density at radius 3 is 2.50 bits per heavy atom. The van der Waals surface area contributed by atoms with E-state index in [2.05, 4.69) is 15.9 Å². The Morgan fingerprint density at radius 2 is 2.00 bits per heavy atom. The zero-order valence-corrected chi connectivity index (χ0v) is 11.0. The van der Waals surface area contributed by atoms with Gasteiger partial charge >= 0.3 is 6.18 Å². The molecule has 0 bridgehead atoms. The summed E-state index contributed by atoms with van der Waals surface area (Å²) in [7, 11) is 0. The highest BCUT2D eigenvalue weighted by Crippen LogP contribution is 2.34. The average Bonchev–Trinajstić information content (AvgIpc) is 2.66. The van der Waals surface area contributed by atoms with E-state index in [1.54, 1.807) is 12.1 Å². The number of hydrogen-bond acceptors (Lipinski definition) is 1. The summed E-state index contributed by atoms with van der Waals surface area (Å²) in [5.41, 5.74) is 0.202. The van der Waals surface area contributed by atoms with Crippen molar-refractivity contribution >= 4 is 32.7 Å². The van der Waals surface area contributed by atoms with Crippen LogP contribution in [0.3, 0.4) is 0 Å². The quantitative estimate of drug-likeness (QED) is 0.721. The van der Waals surface area contributed by atoms with Crippen LogP contribution in [0.25, 0.3) is 10.9 Å². The van der Waals surface area contributed by atoms with E-state index in [0.717, 1.165) is 18.6 Å². The molecule has 2 nitrogen and oxygen atoms in total. The van der Waals surface area contributed by atoms with Crippen LogP contribution in [0.2, 0.25) is 0 Å². The molecule has 0 radical (unpaired) electrons. The molecule has 18 heavy (non-hydrogen) atoms. The molecule has 0 atom stereocenters. The van der Waals surface area contributed by atoms with Gasteiger partial charge in [-0.1, -0.05) is 22.0 Å². The van der Waals surface area contributed by atoms with E-state index in [1.807, 2.05) is 0 Å². The zero-order valence-electron chi connectivity index (χ0n) is 9.38. The lowest BCUT2D eigenvalue weighted by molar-refractivity contribution is -0.142.